The van der Waals surface area contributed by atoms with Gasteiger partial charge >= 0.3 is 0 Å². The number of nitrogens with one attached hydrogen (secondary N) is 2. The number of aromatic amines is 1. The van der Waals surface area contributed by atoms with Crippen molar-refractivity contribution in [2.45, 2.75) is 53.5 Å². The third-order valence-corrected chi connectivity index (χ3v) is 5.38. The van der Waals surface area contributed by atoms with E-state index in [0.29, 0.717) is 48.8 Å². The van der Waals surface area contributed by atoms with Crippen LogP contribution < -0.4 is 20.3 Å². The average Bonchev–Trinajstić information content (AvgIpc) is 2.68. The number of carbonyl (C=O) groups excluding carboxylic acids is 2. The Hall–Kier alpha value is -3.09. The standard InChI is InChI=1S/C24H30N2O5/c1-6-30-20-9-8-15(10-21(20)31-7-2)14(3)25-22(28)17-11-16-18(26-23(17)29)12-24(4,5)13-19(16)27/h8-11,14H,6-7,12-13H2,1-5H3,(H,25,28)(H,26,29). The van der Waals surface area contributed by atoms with Crippen LogP contribution in [0.5, 0.6) is 11.5 Å². The molecule has 31 heavy (non-hydrogen) atoms. The van der Waals surface area contributed by atoms with Gasteiger partial charge in [-0.05, 0) is 56.4 Å². The highest BCUT2D eigenvalue weighted by molar-refractivity contribution is 6.02. The Labute approximate surface area is 182 Å². The molecule has 1 aromatic carbocycles. The summed E-state index contributed by atoms with van der Waals surface area (Å²) in [6.45, 7) is 10.6. The van der Waals surface area contributed by atoms with Gasteiger partial charge in [0.05, 0.1) is 19.3 Å². The van der Waals surface area contributed by atoms with Crippen LogP contribution in [0, 0.1) is 5.41 Å². The van der Waals surface area contributed by atoms with E-state index in [0.717, 1.165) is 5.56 Å². The molecule has 1 unspecified atom stereocenters. The maximum absolute atomic E-state index is 12.9. The van der Waals surface area contributed by atoms with Crippen LogP contribution >= 0.6 is 0 Å². The Balaban J connectivity index is 1.83. The molecule has 0 aliphatic heterocycles. The van der Waals surface area contributed by atoms with Gasteiger partial charge in [-0.3, -0.25) is 14.4 Å². The molecule has 0 saturated heterocycles. The van der Waals surface area contributed by atoms with Gasteiger partial charge in [-0.2, -0.15) is 0 Å². The number of amides is 1. The van der Waals surface area contributed by atoms with Crippen molar-refractivity contribution in [3.8, 4) is 11.5 Å². The molecular formula is C24H30N2O5. The Morgan fingerprint density at radius 2 is 1.77 bits per heavy atom. The van der Waals surface area contributed by atoms with Gasteiger partial charge in [-0.25, -0.2) is 0 Å². The molecule has 1 aromatic heterocycles. The molecule has 0 radical (unpaired) electrons. The lowest BCUT2D eigenvalue weighted by Crippen LogP contribution is -2.35. The Bertz CT molecular complexity index is 1050. The van der Waals surface area contributed by atoms with Crippen molar-refractivity contribution >= 4 is 11.7 Å². The summed E-state index contributed by atoms with van der Waals surface area (Å²) < 4.78 is 11.2. The maximum atomic E-state index is 12.9. The SMILES string of the molecule is CCOc1ccc(C(C)NC(=O)c2cc3c([nH]c2=O)CC(C)(C)CC3=O)cc1OCC. The molecule has 1 amide bonds. The van der Waals surface area contributed by atoms with E-state index in [2.05, 4.69) is 10.3 Å². The van der Waals surface area contributed by atoms with Crippen molar-refractivity contribution in [2.75, 3.05) is 13.2 Å². The molecule has 166 valence electrons. The molecule has 1 atom stereocenters. The zero-order valence-corrected chi connectivity index (χ0v) is 18.8. The minimum absolute atomic E-state index is 0.0579. The third-order valence-electron chi connectivity index (χ3n) is 5.38. The second kappa shape index (κ2) is 8.96. The number of ether oxygens (including phenoxy) is 2. The predicted octanol–water partition coefficient (Wildman–Crippen LogP) is 3.82. The van der Waals surface area contributed by atoms with E-state index < -0.39 is 11.5 Å². The van der Waals surface area contributed by atoms with Crippen LogP contribution in [0.25, 0.3) is 0 Å². The van der Waals surface area contributed by atoms with Crippen LogP contribution in [0.2, 0.25) is 0 Å². The summed E-state index contributed by atoms with van der Waals surface area (Å²) in [6, 6.07) is 6.52. The number of hydrogen-bond acceptors (Lipinski definition) is 5. The van der Waals surface area contributed by atoms with E-state index in [-0.39, 0.29) is 22.8 Å². The van der Waals surface area contributed by atoms with E-state index in [1.54, 1.807) is 6.07 Å². The fourth-order valence-electron chi connectivity index (χ4n) is 3.89. The summed E-state index contributed by atoms with van der Waals surface area (Å²) in [5, 5.41) is 2.85. The van der Waals surface area contributed by atoms with Crippen molar-refractivity contribution in [1.29, 1.82) is 0 Å². The molecule has 7 nitrogen and oxygen atoms in total. The predicted molar refractivity (Wildman–Crippen MR) is 118 cm³/mol. The Kier molecular flexibility index (Phi) is 6.53. The molecule has 1 heterocycles. The number of hydrogen-bond donors (Lipinski definition) is 2. The molecule has 0 saturated carbocycles. The lowest BCUT2D eigenvalue weighted by Gasteiger charge is -2.29. The monoisotopic (exact) mass is 426 g/mol. The number of pyridine rings is 1. The molecule has 1 aliphatic rings. The fraction of sp³-hybridized carbons (Fsp3) is 0.458. The van der Waals surface area contributed by atoms with Crippen molar-refractivity contribution in [3.63, 3.8) is 0 Å². The van der Waals surface area contributed by atoms with Gasteiger partial charge in [0.2, 0.25) is 0 Å². The number of carbonyl (C=O) groups is 2. The highest BCUT2D eigenvalue weighted by Gasteiger charge is 2.32. The van der Waals surface area contributed by atoms with Crippen LogP contribution in [0.4, 0.5) is 0 Å². The fourth-order valence-corrected chi connectivity index (χ4v) is 3.89. The summed E-state index contributed by atoms with van der Waals surface area (Å²) >= 11 is 0. The first-order chi connectivity index (χ1) is 14.6. The lowest BCUT2D eigenvalue weighted by atomic mass is 9.75. The molecule has 0 spiro atoms. The summed E-state index contributed by atoms with van der Waals surface area (Å²) in [7, 11) is 0. The van der Waals surface area contributed by atoms with Crippen molar-refractivity contribution in [3.05, 3.63) is 57.0 Å². The lowest BCUT2D eigenvalue weighted by molar-refractivity contribution is 0.0910. The first-order valence-corrected chi connectivity index (χ1v) is 10.6. The number of benzene rings is 1. The highest BCUT2D eigenvalue weighted by Crippen LogP contribution is 2.34. The molecule has 0 bridgehead atoms. The van der Waals surface area contributed by atoms with Gasteiger partial charge in [0, 0.05) is 17.7 Å². The molecule has 2 aromatic rings. The smallest absolute Gasteiger partial charge is 0.261 e. The summed E-state index contributed by atoms with van der Waals surface area (Å²) in [4.78, 5) is 40.7. The van der Waals surface area contributed by atoms with Crippen LogP contribution in [0.15, 0.2) is 29.1 Å². The van der Waals surface area contributed by atoms with Crippen molar-refractivity contribution in [1.82, 2.24) is 10.3 Å². The van der Waals surface area contributed by atoms with E-state index >= 15 is 0 Å². The number of aromatic nitrogens is 1. The maximum Gasteiger partial charge on any atom is 0.261 e. The van der Waals surface area contributed by atoms with E-state index in [9.17, 15) is 14.4 Å². The van der Waals surface area contributed by atoms with Crippen LogP contribution in [0.3, 0.4) is 0 Å². The van der Waals surface area contributed by atoms with Gasteiger partial charge in [-0.1, -0.05) is 19.9 Å². The largest absolute Gasteiger partial charge is 0.490 e. The molecule has 2 N–H and O–H groups in total. The van der Waals surface area contributed by atoms with E-state index in [1.165, 1.54) is 6.07 Å². The van der Waals surface area contributed by atoms with E-state index in [4.69, 9.17) is 9.47 Å². The van der Waals surface area contributed by atoms with Crippen LogP contribution in [-0.2, 0) is 6.42 Å². The molecule has 3 rings (SSSR count). The summed E-state index contributed by atoms with van der Waals surface area (Å²) in [6.07, 6.45) is 0.976. The van der Waals surface area contributed by atoms with Crippen molar-refractivity contribution in [2.24, 2.45) is 5.41 Å². The number of rotatable bonds is 7. The second-order valence-electron chi connectivity index (χ2n) is 8.61. The van der Waals surface area contributed by atoms with Gasteiger partial charge in [0.1, 0.15) is 5.56 Å². The zero-order chi connectivity index (χ0) is 22.8. The normalized spacial score (nSPS) is 15.7. The number of ketones is 1. The molecule has 0 fully saturated rings. The quantitative estimate of drug-likeness (QED) is 0.701. The van der Waals surface area contributed by atoms with Gasteiger partial charge in [0.25, 0.3) is 11.5 Å². The molecular weight excluding hydrogens is 396 g/mol. The average molecular weight is 427 g/mol. The number of Topliss-reactive ketones (excluding diaryl/α,β-unsaturated/α-hetero) is 1. The van der Waals surface area contributed by atoms with E-state index in [1.807, 2.05) is 46.8 Å². The summed E-state index contributed by atoms with van der Waals surface area (Å²) in [5.74, 6) is 0.653. The highest BCUT2D eigenvalue weighted by atomic mass is 16.5. The van der Waals surface area contributed by atoms with Gasteiger partial charge in [0.15, 0.2) is 17.3 Å². The second-order valence-corrected chi connectivity index (χ2v) is 8.61. The number of H-pyrrole nitrogens is 1. The minimum atomic E-state index is -0.527. The molecule has 7 heteroatoms. The zero-order valence-electron chi connectivity index (χ0n) is 18.8. The minimum Gasteiger partial charge on any atom is -0.490 e. The first kappa shape index (κ1) is 22.6. The molecule has 1 aliphatic carbocycles. The van der Waals surface area contributed by atoms with Crippen LogP contribution in [-0.4, -0.2) is 29.9 Å². The number of fused-ring (bicyclic) bond motifs is 1. The van der Waals surface area contributed by atoms with Crippen molar-refractivity contribution < 1.29 is 19.1 Å². The Morgan fingerprint density at radius 1 is 1.10 bits per heavy atom. The topological polar surface area (TPSA) is 97.5 Å². The van der Waals surface area contributed by atoms with Gasteiger partial charge in [-0.15, -0.1) is 0 Å². The van der Waals surface area contributed by atoms with Gasteiger partial charge < -0.3 is 19.8 Å². The Morgan fingerprint density at radius 3 is 2.45 bits per heavy atom. The van der Waals surface area contributed by atoms with Crippen LogP contribution in [0.1, 0.15) is 79.1 Å². The first-order valence-electron chi connectivity index (χ1n) is 10.6. The summed E-state index contributed by atoms with van der Waals surface area (Å²) in [5.41, 5.74) is 1.08. The third kappa shape index (κ3) is 4.98.